The number of anilines is 1. The molecule has 1 saturated heterocycles. The lowest BCUT2D eigenvalue weighted by atomic mass is 9.95. The summed E-state index contributed by atoms with van der Waals surface area (Å²) in [7, 11) is 0. The van der Waals surface area contributed by atoms with Crippen LogP contribution in [0.5, 0.6) is 0 Å². The second-order valence-electron chi connectivity index (χ2n) is 5.70. The second-order valence-corrected chi connectivity index (χ2v) is 5.70. The lowest BCUT2D eigenvalue weighted by molar-refractivity contribution is 0.0248. The van der Waals surface area contributed by atoms with Gasteiger partial charge < -0.3 is 15.3 Å². The summed E-state index contributed by atoms with van der Waals surface area (Å²) in [6, 6.07) is 3.66. The molecule has 5 heteroatoms. The summed E-state index contributed by atoms with van der Waals surface area (Å²) in [4.78, 5) is 18.8. The molecule has 0 bridgehead atoms. The number of carbonyl (C=O) groups excluding carboxylic acids is 1. The fourth-order valence-electron chi connectivity index (χ4n) is 2.58. The maximum absolute atomic E-state index is 12.6. The molecule has 0 aliphatic carbocycles. The van der Waals surface area contributed by atoms with Crippen molar-refractivity contribution in [2.24, 2.45) is 5.92 Å². The van der Waals surface area contributed by atoms with Gasteiger partial charge in [0, 0.05) is 30.9 Å². The number of nitrogens with zero attached hydrogens (tertiary/aromatic N) is 2. The van der Waals surface area contributed by atoms with E-state index >= 15 is 0 Å². The molecule has 1 aromatic heterocycles. The maximum atomic E-state index is 12.6. The first kappa shape index (κ1) is 15.8. The molecule has 1 aromatic rings. The lowest BCUT2D eigenvalue weighted by Gasteiger charge is -2.34. The Morgan fingerprint density at radius 3 is 2.86 bits per heavy atom. The van der Waals surface area contributed by atoms with Crippen LogP contribution in [0.15, 0.2) is 12.1 Å². The Hall–Kier alpha value is -1.62. The van der Waals surface area contributed by atoms with Gasteiger partial charge in [-0.2, -0.15) is 0 Å². The molecule has 2 atom stereocenters. The number of aromatic nitrogens is 1. The van der Waals surface area contributed by atoms with Crippen molar-refractivity contribution < 1.29 is 9.90 Å². The Balaban J connectivity index is 2.20. The Kier molecular flexibility index (Phi) is 5.17. The average Bonchev–Trinajstić information content (AvgIpc) is 2.49. The third kappa shape index (κ3) is 3.73. The Labute approximate surface area is 126 Å². The Bertz CT molecular complexity index is 504. The molecular weight excluding hydrogens is 266 g/mol. The van der Waals surface area contributed by atoms with E-state index in [2.05, 4.69) is 10.3 Å². The first-order valence-electron chi connectivity index (χ1n) is 7.77. The summed E-state index contributed by atoms with van der Waals surface area (Å²) in [5.41, 5.74) is 1.56. The maximum Gasteiger partial charge on any atom is 0.254 e. The van der Waals surface area contributed by atoms with Crippen molar-refractivity contribution in [2.45, 2.75) is 39.7 Å². The number of piperidine rings is 1. The minimum Gasteiger partial charge on any atom is -0.391 e. The molecule has 0 saturated carbocycles. The lowest BCUT2D eigenvalue weighted by Crippen LogP contribution is -2.45. The van der Waals surface area contributed by atoms with Crippen LogP contribution in [0.2, 0.25) is 0 Å². The predicted octanol–water partition coefficient (Wildman–Crippen LogP) is 1.92. The molecule has 21 heavy (non-hydrogen) atoms. The summed E-state index contributed by atoms with van der Waals surface area (Å²) in [6.45, 7) is 7.95. The third-order valence-corrected chi connectivity index (χ3v) is 4.05. The van der Waals surface area contributed by atoms with E-state index in [-0.39, 0.29) is 11.8 Å². The normalized spacial score (nSPS) is 22.2. The molecule has 2 unspecified atom stereocenters. The molecular formula is C16H25N3O2. The van der Waals surface area contributed by atoms with E-state index in [0.717, 1.165) is 30.9 Å². The highest BCUT2D eigenvalue weighted by Crippen LogP contribution is 2.20. The van der Waals surface area contributed by atoms with Crippen molar-refractivity contribution >= 4 is 11.7 Å². The van der Waals surface area contributed by atoms with Gasteiger partial charge in [-0.05, 0) is 37.8 Å². The number of hydrogen-bond donors (Lipinski definition) is 2. The Morgan fingerprint density at radius 2 is 2.24 bits per heavy atom. The number of likely N-dealkylation sites (tertiary alicyclic amines) is 1. The zero-order chi connectivity index (χ0) is 15.4. The van der Waals surface area contributed by atoms with Gasteiger partial charge in [0.15, 0.2) is 0 Å². The highest BCUT2D eigenvalue weighted by atomic mass is 16.3. The van der Waals surface area contributed by atoms with Gasteiger partial charge in [-0.25, -0.2) is 4.98 Å². The van der Waals surface area contributed by atoms with Crippen molar-refractivity contribution in [3.63, 3.8) is 0 Å². The van der Waals surface area contributed by atoms with Crippen LogP contribution >= 0.6 is 0 Å². The van der Waals surface area contributed by atoms with Gasteiger partial charge in [-0.1, -0.05) is 13.8 Å². The number of aryl methyl sites for hydroxylation is 1. The summed E-state index contributed by atoms with van der Waals surface area (Å²) in [5.74, 6) is 0.985. The predicted molar refractivity (Wildman–Crippen MR) is 83.5 cm³/mol. The smallest absolute Gasteiger partial charge is 0.254 e. The number of carbonyl (C=O) groups is 1. The van der Waals surface area contributed by atoms with E-state index in [0.29, 0.717) is 18.7 Å². The topological polar surface area (TPSA) is 65.5 Å². The summed E-state index contributed by atoms with van der Waals surface area (Å²) in [6.07, 6.45) is 1.21. The molecule has 2 N–H and O–H groups in total. The van der Waals surface area contributed by atoms with Crippen LogP contribution in [0.25, 0.3) is 0 Å². The van der Waals surface area contributed by atoms with E-state index < -0.39 is 6.10 Å². The molecule has 1 aliphatic rings. The molecule has 0 radical (unpaired) electrons. The van der Waals surface area contributed by atoms with Crippen molar-refractivity contribution in [2.75, 3.05) is 25.0 Å². The number of amides is 1. The van der Waals surface area contributed by atoms with Gasteiger partial charge in [0.25, 0.3) is 5.91 Å². The Morgan fingerprint density at radius 1 is 1.48 bits per heavy atom. The van der Waals surface area contributed by atoms with Gasteiger partial charge >= 0.3 is 0 Å². The number of aliphatic hydroxyl groups excluding tert-OH is 1. The minimum absolute atomic E-state index is 0.0165. The molecule has 2 heterocycles. The first-order valence-corrected chi connectivity index (χ1v) is 7.77. The molecule has 1 aliphatic heterocycles. The van der Waals surface area contributed by atoms with Crippen molar-refractivity contribution in [3.8, 4) is 0 Å². The molecule has 0 aromatic carbocycles. The fraction of sp³-hybridized carbons (Fsp3) is 0.625. The minimum atomic E-state index is -0.427. The highest BCUT2D eigenvalue weighted by molar-refractivity contribution is 5.95. The number of pyridine rings is 1. The second kappa shape index (κ2) is 6.89. The van der Waals surface area contributed by atoms with E-state index in [1.807, 2.05) is 26.8 Å². The van der Waals surface area contributed by atoms with Crippen LogP contribution in [-0.2, 0) is 6.42 Å². The zero-order valence-electron chi connectivity index (χ0n) is 13.1. The van der Waals surface area contributed by atoms with E-state index in [9.17, 15) is 9.90 Å². The van der Waals surface area contributed by atoms with Crippen LogP contribution in [-0.4, -0.2) is 46.6 Å². The number of aliphatic hydroxyl groups is 1. The third-order valence-electron chi connectivity index (χ3n) is 4.05. The van der Waals surface area contributed by atoms with Gasteiger partial charge in [0.2, 0.25) is 0 Å². The summed E-state index contributed by atoms with van der Waals surface area (Å²) >= 11 is 0. The van der Waals surface area contributed by atoms with E-state index in [1.54, 1.807) is 11.0 Å². The molecule has 0 spiro atoms. The van der Waals surface area contributed by atoms with E-state index in [4.69, 9.17) is 0 Å². The SMILES string of the molecule is CCNc1cc(C(=O)N2CCC(C)C(O)C2)cc(CC)n1. The van der Waals surface area contributed by atoms with Gasteiger partial charge in [-0.3, -0.25) is 4.79 Å². The van der Waals surface area contributed by atoms with Gasteiger partial charge in [0.1, 0.15) is 5.82 Å². The van der Waals surface area contributed by atoms with Gasteiger partial charge in [-0.15, -0.1) is 0 Å². The van der Waals surface area contributed by atoms with Crippen LogP contribution in [0.4, 0.5) is 5.82 Å². The quantitative estimate of drug-likeness (QED) is 0.889. The average molecular weight is 291 g/mol. The fourth-order valence-corrected chi connectivity index (χ4v) is 2.58. The first-order chi connectivity index (χ1) is 10.0. The molecule has 2 rings (SSSR count). The number of hydrogen-bond acceptors (Lipinski definition) is 4. The summed E-state index contributed by atoms with van der Waals surface area (Å²) in [5, 5.41) is 13.1. The molecule has 1 amide bonds. The molecule has 1 fully saturated rings. The molecule has 5 nitrogen and oxygen atoms in total. The van der Waals surface area contributed by atoms with Gasteiger partial charge in [0.05, 0.1) is 6.10 Å². The monoisotopic (exact) mass is 291 g/mol. The zero-order valence-corrected chi connectivity index (χ0v) is 13.1. The number of nitrogens with one attached hydrogen (secondary N) is 1. The van der Waals surface area contributed by atoms with Crippen LogP contribution in [0.1, 0.15) is 43.2 Å². The van der Waals surface area contributed by atoms with Crippen molar-refractivity contribution in [3.05, 3.63) is 23.4 Å². The number of β-amino-alcohol motifs (C(OH)–C–C–N with tert-alkyl or cyclic N) is 1. The van der Waals surface area contributed by atoms with E-state index in [1.165, 1.54) is 0 Å². The van der Waals surface area contributed by atoms with Crippen LogP contribution in [0, 0.1) is 5.92 Å². The van der Waals surface area contributed by atoms with Crippen molar-refractivity contribution in [1.29, 1.82) is 0 Å². The highest BCUT2D eigenvalue weighted by Gasteiger charge is 2.28. The van der Waals surface area contributed by atoms with Crippen LogP contribution < -0.4 is 5.32 Å². The largest absolute Gasteiger partial charge is 0.391 e. The van der Waals surface area contributed by atoms with Crippen molar-refractivity contribution in [1.82, 2.24) is 9.88 Å². The van der Waals surface area contributed by atoms with Crippen LogP contribution in [0.3, 0.4) is 0 Å². The standard InChI is InChI=1S/C16H25N3O2/c1-4-13-8-12(9-15(18-13)17-5-2)16(21)19-7-6-11(3)14(20)10-19/h8-9,11,14,20H,4-7,10H2,1-3H3,(H,17,18). The molecule has 116 valence electrons. The number of rotatable bonds is 4. The summed E-state index contributed by atoms with van der Waals surface area (Å²) < 4.78 is 0.